The van der Waals surface area contributed by atoms with Crippen LogP contribution in [0.4, 0.5) is 5.69 Å². The van der Waals surface area contributed by atoms with E-state index in [0.29, 0.717) is 6.04 Å². The van der Waals surface area contributed by atoms with Gasteiger partial charge in [0, 0.05) is 22.2 Å². The first-order valence-corrected chi connectivity index (χ1v) is 9.94. The molecule has 4 nitrogen and oxygen atoms in total. The number of aliphatic hydroxyl groups is 1. The molecule has 6 heteroatoms. The van der Waals surface area contributed by atoms with Crippen LogP contribution in [0, 0.1) is 0 Å². The molecule has 1 aliphatic carbocycles. The lowest BCUT2D eigenvalue weighted by Gasteiger charge is -2.14. The molecule has 1 aromatic carbocycles. The molecule has 1 aromatic heterocycles. The van der Waals surface area contributed by atoms with Gasteiger partial charge in [-0.25, -0.2) is 0 Å². The van der Waals surface area contributed by atoms with Gasteiger partial charge in [0.2, 0.25) is 0 Å². The number of nitrogens with zero attached hydrogens (tertiary/aromatic N) is 1. The van der Waals surface area contributed by atoms with Crippen LogP contribution in [0.5, 0.6) is 0 Å². The molecule has 128 valence electrons. The Bertz CT molecular complexity index is 780. The van der Waals surface area contributed by atoms with Crippen LogP contribution in [0.2, 0.25) is 5.02 Å². The summed E-state index contributed by atoms with van der Waals surface area (Å²) in [5.74, 6) is 0.830. The average Bonchev–Trinajstić information content (AvgIpc) is 3.26. The minimum atomic E-state index is -0.409. The number of aliphatic imine (C=N–C) groups is 1. The van der Waals surface area contributed by atoms with Crippen LogP contribution in [-0.4, -0.2) is 39.1 Å². The first-order valence-electron chi connectivity index (χ1n) is 8.58. The molecule has 0 bridgehead atoms. The third-order valence-corrected chi connectivity index (χ3v) is 6.19. The third kappa shape index (κ3) is 3.17. The molecule has 0 amide bonds. The second-order valence-electron chi connectivity index (χ2n) is 6.78. The van der Waals surface area contributed by atoms with Crippen molar-refractivity contribution in [2.75, 3.05) is 11.1 Å². The topological polar surface area (TPSA) is 60.4 Å². The molecule has 3 N–H and O–H groups in total. The first-order chi connectivity index (χ1) is 11.6. The van der Waals surface area contributed by atoms with Crippen molar-refractivity contribution >= 4 is 45.0 Å². The number of nitrogens with one attached hydrogen (secondary N) is 2. The molecule has 0 radical (unpaired) electrons. The normalized spacial score (nSPS) is 23.0. The minimum absolute atomic E-state index is 0.0175. The lowest BCUT2D eigenvalue weighted by atomic mass is 10.2. The van der Waals surface area contributed by atoms with E-state index < -0.39 is 6.10 Å². The number of aromatic amines is 1. The molecule has 2 aliphatic rings. The van der Waals surface area contributed by atoms with Crippen molar-refractivity contribution in [3.63, 3.8) is 0 Å². The largest absolute Gasteiger partial charge is 0.391 e. The summed E-state index contributed by atoms with van der Waals surface area (Å²) in [5, 5.41) is 16.2. The van der Waals surface area contributed by atoms with Gasteiger partial charge in [-0.05, 0) is 38.0 Å². The van der Waals surface area contributed by atoms with Gasteiger partial charge in [0.15, 0.2) is 0 Å². The molecule has 0 spiro atoms. The summed E-state index contributed by atoms with van der Waals surface area (Å²) >= 11 is 8.02. The van der Waals surface area contributed by atoms with Crippen molar-refractivity contribution in [3.8, 4) is 0 Å². The van der Waals surface area contributed by atoms with Crippen LogP contribution in [0.3, 0.4) is 0 Å². The van der Waals surface area contributed by atoms with Crippen molar-refractivity contribution in [3.05, 3.63) is 28.9 Å². The summed E-state index contributed by atoms with van der Waals surface area (Å²) in [5.41, 5.74) is 3.17. The van der Waals surface area contributed by atoms with Crippen molar-refractivity contribution < 1.29 is 5.11 Å². The number of thioether (sulfide) groups is 1. The number of hydrogen-bond acceptors (Lipinski definition) is 4. The Morgan fingerprint density at radius 3 is 2.83 bits per heavy atom. The van der Waals surface area contributed by atoms with E-state index in [1.165, 1.54) is 25.7 Å². The molecule has 0 saturated heterocycles. The molecular formula is C18H22ClN3OS. The van der Waals surface area contributed by atoms with E-state index in [9.17, 15) is 5.11 Å². The van der Waals surface area contributed by atoms with Crippen molar-refractivity contribution in [1.82, 2.24) is 4.98 Å². The maximum Gasteiger partial charge on any atom is 0.115 e. The van der Waals surface area contributed by atoms with E-state index in [1.54, 1.807) is 18.7 Å². The van der Waals surface area contributed by atoms with Crippen LogP contribution in [-0.2, 0) is 0 Å². The molecular weight excluding hydrogens is 342 g/mol. The molecule has 2 atom stereocenters. The van der Waals surface area contributed by atoms with Crippen LogP contribution in [0.25, 0.3) is 10.9 Å². The summed E-state index contributed by atoms with van der Waals surface area (Å²) in [6.45, 7) is 1.80. The fourth-order valence-corrected chi connectivity index (χ4v) is 4.89. The van der Waals surface area contributed by atoms with E-state index in [0.717, 1.165) is 38.1 Å². The van der Waals surface area contributed by atoms with Gasteiger partial charge in [0.25, 0.3) is 0 Å². The van der Waals surface area contributed by atoms with Gasteiger partial charge in [0.1, 0.15) is 5.04 Å². The number of aromatic nitrogens is 1. The number of hydrogen-bond donors (Lipinski definition) is 3. The Kier molecular flexibility index (Phi) is 4.50. The Morgan fingerprint density at radius 2 is 2.12 bits per heavy atom. The predicted molar refractivity (Wildman–Crippen MR) is 104 cm³/mol. The summed E-state index contributed by atoms with van der Waals surface area (Å²) < 4.78 is 0. The third-order valence-electron chi connectivity index (χ3n) is 4.87. The zero-order chi connectivity index (χ0) is 16.7. The van der Waals surface area contributed by atoms with E-state index >= 15 is 0 Å². The van der Waals surface area contributed by atoms with E-state index in [2.05, 4.69) is 21.4 Å². The number of anilines is 1. The van der Waals surface area contributed by atoms with Gasteiger partial charge in [-0.3, -0.25) is 4.99 Å². The zero-order valence-electron chi connectivity index (χ0n) is 13.7. The molecule has 1 fully saturated rings. The number of rotatable bonds is 4. The Morgan fingerprint density at radius 1 is 1.33 bits per heavy atom. The molecule has 1 unspecified atom stereocenters. The van der Waals surface area contributed by atoms with Gasteiger partial charge in [-0.2, -0.15) is 0 Å². The lowest BCUT2D eigenvalue weighted by Crippen LogP contribution is -2.20. The molecule has 1 aliphatic heterocycles. The highest BCUT2D eigenvalue weighted by atomic mass is 35.5. The van der Waals surface area contributed by atoms with Gasteiger partial charge in [-0.1, -0.05) is 24.4 Å². The number of H-pyrrole nitrogens is 1. The molecule has 2 heterocycles. The number of fused-ring (bicyclic) bond motifs is 1. The molecule has 2 aromatic rings. The fourth-order valence-electron chi connectivity index (χ4n) is 3.51. The van der Waals surface area contributed by atoms with Crippen LogP contribution in [0.15, 0.2) is 23.2 Å². The SMILES string of the molecule is CC(O)[C@@H]1CSC(c2cc3cc(Cl)cc(NC4CCCC4)c3[nH]2)=N1. The van der Waals surface area contributed by atoms with Gasteiger partial charge in [0.05, 0.1) is 29.0 Å². The Hall–Kier alpha value is -1.17. The predicted octanol–water partition coefficient (Wildman–Crippen LogP) is 4.42. The van der Waals surface area contributed by atoms with Gasteiger partial charge in [-0.15, -0.1) is 11.8 Å². The summed E-state index contributed by atoms with van der Waals surface area (Å²) in [7, 11) is 0. The van der Waals surface area contributed by atoms with Crippen LogP contribution >= 0.6 is 23.4 Å². The van der Waals surface area contributed by atoms with Crippen molar-refractivity contribution in [1.29, 1.82) is 0 Å². The average molecular weight is 364 g/mol. The smallest absolute Gasteiger partial charge is 0.115 e. The van der Waals surface area contributed by atoms with Gasteiger partial charge >= 0.3 is 0 Å². The summed E-state index contributed by atoms with van der Waals surface area (Å²) in [6, 6.07) is 6.62. The van der Waals surface area contributed by atoms with E-state index in [-0.39, 0.29) is 6.04 Å². The highest BCUT2D eigenvalue weighted by Crippen LogP contribution is 2.33. The standard InChI is InChI=1S/C18H22ClN3OS/c1-10(23)16-9-24-18(22-16)15-7-11-6-12(19)8-14(17(11)21-15)20-13-4-2-3-5-13/h6-8,10,13,16,20-21,23H,2-5,9H2,1H3/t10?,16-/m0/s1. The maximum absolute atomic E-state index is 9.74. The van der Waals surface area contributed by atoms with E-state index in [1.807, 2.05) is 12.1 Å². The maximum atomic E-state index is 9.74. The van der Waals surface area contributed by atoms with Crippen molar-refractivity contribution in [2.24, 2.45) is 4.99 Å². The lowest BCUT2D eigenvalue weighted by molar-refractivity contribution is 0.174. The first kappa shape index (κ1) is 16.3. The number of halogens is 1. The van der Waals surface area contributed by atoms with Crippen molar-refractivity contribution in [2.45, 2.75) is 50.8 Å². The Balaban J connectivity index is 1.68. The zero-order valence-corrected chi connectivity index (χ0v) is 15.3. The molecule has 24 heavy (non-hydrogen) atoms. The molecule has 4 rings (SSSR count). The second kappa shape index (κ2) is 6.62. The molecule has 1 saturated carbocycles. The highest BCUT2D eigenvalue weighted by Gasteiger charge is 2.24. The summed E-state index contributed by atoms with van der Waals surface area (Å²) in [6.07, 6.45) is 4.63. The fraction of sp³-hybridized carbons (Fsp3) is 0.500. The minimum Gasteiger partial charge on any atom is -0.391 e. The quantitative estimate of drug-likeness (QED) is 0.753. The number of benzene rings is 1. The number of aliphatic hydroxyl groups excluding tert-OH is 1. The monoisotopic (exact) mass is 363 g/mol. The summed E-state index contributed by atoms with van der Waals surface area (Å²) in [4.78, 5) is 8.17. The van der Waals surface area contributed by atoms with Crippen LogP contribution < -0.4 is 5.32 Å². The highest BCUT2D eigenvalue weighted by molar-refractivity contribution is 8.14. The Labute approximate surface area is 151 Å². The van der Waals surface area contributed by atoms with Gasteiger partial charge < -0.3 is 15.4 Å². The van der Waals surface area contributed by atoms with E-state index in [4.69, 9.17) is 11.6 Å². The second-order valence-corrected chi connectivity index (χ2v) is 8.22. The van der Waals surface area contributed by atoms with Crippen LogP contribution in [0.1, 0.15) is 38.3 Å².